The summed E-state index contributed by atoms with van der Waals surface area (Å²) in [5.74, 6) is -0.118. The van der Waals surface area contributed by atoms with Crippen molar-refractivity contribution in [3.63, 3.8) is 0 Å². The average Bonchev–Trinajstić information content (AvgIpc) is 3.11. The second-order valence-electron chi connectivity index (χ2n) is 5.64. The lowest BCUT2D eigenvalue weighted by molar-refractivity contribution is 0.0600. The molecule has 1 aromatic heterocycles. The quantitative estimate of drug-likeness (QED) is 0.656. The van der Waals surface area contributed by atoms with Gasteiger partial charge in [-0.3, -0.25) is 4.79 Å². The summed E-state index contributed by atoms with van der Waals surface area (Å²) in [4.78, 5) is 24.0. The van der Waals surface area contributed by atoms with E-state index in [0.717, 1.165) is 23.1 Å². The number of methoxy groups -OCH3 is 1. The van der Waals surface area contributed by atoms with E-state index in [1.807, 2.05) is 6.92 Å². The van der Waals surface area contributed by atoms with Crippen molar-refractivity contribution in [3.8, 4) is 5.75 Å². The third-order valence-electron chi connectivity index (χ3n) is 3.78. The molecule has 1 amide bonds. The van der Waals surface area contributed by atoms with Crippen molar-refractivity contribution in [2.75, 3.05) is 12.4 Å². The number of aryl methyl sites for hydroxylation is 1. The smallest absolute Gasteiger partial charge is 0.337 e. The third-order valence-corrected chi connectivity index (χ3v) is 4.44. The summed E-state index contributed by atoms with van der Waals surface area (Å²) in [6, 6.07) is 13.3. The molecule has 7 nitrogen and oxygen atoms in total. The first-order valence-corrected chi connectivity index (χ1v) is 8.80. The van der Waals surface area contributed by atoms with E-state index < -0.39 is 5.97 Å². The molecule has 3 aromatic rings. The Balaban J connectivity index is 1.62. The van der Waals surface area contributed by atoms with Crippen molar-refractivity contribution in [1.82, 2.24) is 8.75 Å². The topological polar surface area (TPSA) is 90.4 Å². The Morgan fingerprint density at radius 2 is 1.85 bits per heavy atom. The van der Waals surface area contributed by atoms with Gasteiger partial charge < -0.3 is 14.8 Å². The normalized spacial score (nSPS) is 10.3. The Bertz CT molecular complexity index is 954. The van der Waals surface area contributed by atoms with Crippen LogP contribution in [0.1, 0.15) is 32.1 Å². The van der Waals surface area contributed by atoms with Crippen LogP contribution < -0.4 is 10.1 Å². The molecule has 0 radical (unpaired) electrons. The summed E-state index contributed by atoms with van der Waals surface area (Å²) in [6.45, 7) is 2.21. The van der Waals surface area contributed by atoms with Crippen molar-refractivity contribution in [2.24, 2.45) is 0 Å². The maximum atomic E-state index is 12.4. The van der Waals surface area contributed by atoms with Gasteiger partial charge in [-0.2, -0.15) is 8.75 Å². The number of aromatic nitrogens is 2. The van der Waals surface area contributed by atoms with Crippen molar-refractivity contribution < 1.29 is 19.1 Å². The Kier molecular flexibility index (Phi) is 5.77. The van der Waals surface area contributed by atoms with Crippen LogP contribution in [-0.4, -0.2) is 27.7 Å². The van der Waals surface area contributed by atoms with Crippen LogP contribution in [0.3, 0.4) is 0 Å². The fourth-order valence-electron chi connectivity index (χ4n) is 2.28. The molecule has 1 N–H and O–H groups in total. The van der Waals surface area contributed by atoms with Gasteiger partial charge in [-0.25, -0.2) is 4.79 Å². The van der Waals surface area contributed by atoms with Crippen LogP contribution >= 0.6 is 11.7 Å². The fourth-order valence-corrected chi connectivity index (χ4v) is 2.83. The highest BCUT2D eigenvalue weighted by Crippen LogP contribution is 2.17. The number of benzene rings is 2. The number of carbonyl (C=O) groups excluding carboxylic acids is 2. The lowest BCUT2D eigenvalue weighted by Gasteiger charge is -2.08. The SMILES string of the molecule is COC(=O)c1cccc(NC(=O)c2ccc(OCc3nsnc3C)cc2)c1. The molecule has 3 rings (SSSR count). The number of hydrogen-bond donors (Lipinski definition) is 1. The Morgan fingerprint density at radius 3 is 2.52 bits per heavy atom. The molecule has 0 atom stereocenters. The van der Waals surface area contributed by atoms with Gasteiger partial charge >= 0.3 is 5.97 Å². The van der Waals surface area contributed by atoms with E-state index in [1.54, 1.807) is 48.5 Å². The van der Waals surface area contributed by atoms with Crippen LogP contribution in [0, 0.1) is 6.92 Å². The number of carbonyl (C=O) groups is 2. The standard InChI is InChI=1S/C19H17N3O4S/c1-12-17(22-27-21-12)11-26-16-8-6-13(7-9-16)18(23)20-15-5-3-4-14(10-15)19(24)25-2/h3-10H,11H2,1-2H3,(H,20,23). The maximum Gasteiger partial charge on any atom is 0.337 e. The molecule has 0 bridgehead atoms. The largest absolute Gasteiger partial charge is 0.487 e. The van der Waals surface area contributed by atoms with Gasteiger partial charge in [0.2, 0.25) is 0 Å². The molecular formula is C19H17N3O4S. The molecule has 0 aliphatic heterocycles. The van der Waals surface area contributed by atoms with E-state index in [9.17, 15) is 9.59 Å². The van der Waals surface area contributed by atoms with Crippen LogP contribution in [0.2, 0.25) is 0 Å². The Hall–Kier alpha value is -3.26. The minimum absolute atomic E-state index is 0.289. The molecule has 0 saturated heterocycles. The molecule has 0 unspecified atom stereocenters. The van der Waals surface area contributed by atoms with Crippen LogP contribution in [0.4, 0.5) is 5.69 Å². The summed E-state index contributed by atoms with van der Waals surface area (Å²) < 4.78 is 18.6. The first-order chi connectivity index (χ1) is 13.1. The van der Waals surface area contributed by atoms with Crippen LogP contribution in [-0.2, 0) is 11.3 Å². The molecular weight excluding hydrogens is 366 g/mol. The van der Waals surface area contributed by atoms with Crippen molar-refractivity contribution in [2.45, 2.75) is 13.5 Å². The summed E-state index contributed by atoms with van der Waals surface area (Å²) in [5, 5.41) is 2.75. The zero-order chi connectivity index (χ0) is 19.2. The molecule has 0 aliphatic carbocycles. The molecule has 0 spiro atoms. The highest BCUT2D eigenvalue weighted by atomic mass is 32.1. The van der Waals surface area contributed by atoms with Crippen molar-refractivity contribution in [1.29, 1.82) is 0 Å². The molecule has 2 aromatic carbocycles. The van der Waals surface area contributed by atoms with Gasteiger partial charge in [-0.1, -0.05) is 6.07 Å². The van der Waals surface area contributed by atoms with Crippen LogP contribution in [0.25, 0.3) is 0 Å². The van der Waals surface area contributed by atoms with E-state index in [4.69, 9.17) is 4.74 Å². The average molecular weight is 383 g/mol. The van der Waals surface area contributed by atoms with E-state index in [-0.39, 0.29) is 5.91 Å². The van der Waals surface area contributed by atoms with E-state index >= 15 is 0 Å². The third kappa shape index (κ3) is 4.68. The monoisotopic (exact) mass is 383 g/mol. The van der Waals surface area contributed by atoms with Crippen molar-refractivity contribution in [3.05, 3.63) is 71.0 Å². The minimum Gasteiger partial charge on any atom is -0.487 e. The lowest BCUT2D eigenvalue weighted by atomic mass is 10.1. The number of hydrogen-bond acceptors (Lipinski definition) is 7. The van der Waals surface area contributed by atoms with Crippen LogP contribution in [0.15, 0.2) is 48.5 Å². The number of nitrogens with one attached hydrogen (secondary N) is 1. The van der Waals surface area contributed by atoms with Crippen molar-refractivity contribution >= 4 is 29.3 Å². The molecule has 8 heteroatoms. The summed E-state index contributed by atoms with van der Waals surface area (Å²) >= 11 is 1.15. The van der Waals surface area contributed by atoms with Gasteiger partial charge in [-0.15, -0.1) is 0 Å². The van der Waals surface area contributed by atoms with Gasteiger partial charge in [-0.05, 0) is 49.4 Å². The Labute approximate surface area is 160 Å². The molecule has 27 heavy (non-hydrogen) atoms. The van der Waals surface area contributed by atoms with Crippen LogP contribution in [0.5, 0.6) is 5.75 Å². The number of anilines is 1. The lowest BCUT2D eigenvalue weighted by Crippen LogP contribution is -2.12. The van der Waals surface area contributed by atoms with E-state index in [2.05, 4.69) is 18.8 Å². The highest BCUT2D eigenvalue weighted by Gasteiger charge is 2.10. The molecule has 1 heterocycles. The number of ether oxygens (including phenoxy) is 2. The second-order valence-corrected chi connectivity index (χ2v) is 6.16. The predicted molar refractivity (Wildman–Crippen MR) is 101 cm³/mol. The Morgan fingerprint density at radius 1 is 1.07 bits per heavy atom. The van der Waals surface area contributed by atoms with E-state index in [0.29, 0.717) is 29.2 Å². The molecule has 0 saturated carbocycles. The number of nitrogens with zero attached hydrogens (tertiary/aromatic N) is 2. The van der Waals surface area contributed by atoms with Gasteiger partial charge in [0, 0.05) is 11.3 Å². The van der Waals surface area contributed by atoms with E-state index in [1.165, 1.54) is 7.11 Å². The predicted octanol–water partition coefficient (Wildman–Crippen LogP) is 3.46. The maximum absolute atomic E-state index is 12.4. The van der Waals surface area contributed by atoms with Gasteiger partial charge in [0.05, 0.1) is 30.1 Å². The number of esters is 1. The van der Waals surface area contributed by atoms with Gasteiger partial charge in [0.1, 0.15) is 18.1 Å². The first-order valence-electron chi connectivity index (χ1n) is 8.07. The molecule has 0 aliphatic rings. The first kappa shape index (κ1) is 18.5. The highest BCUT2D eigenvalue weighted by molar-refractivity contribution is 6.99. The molecule has 138 valence electrons. The fraction of sp³-hybridized carbons (Fsp3) is 0.158. The zero-order valence-electron chi connectivity index (χ0n) is 14.8. The van der Waals surface area contributed by atoms with Gasteiger partial charge in [0.25, 0.3) is 5.91 Å². The summed E-state index contributed by atoms with van der Waals surface area (Å²) in [7, 11) is 1.31. The summed E-state index contributed by atoms with van der Waals surface area (Å²) in [6.07, 6.45) is 0. The number of amides is 1. The second kappa shape index (κ2) is 8.41. The molecule has 0 fully saturated rings. The number of rotatable bonds is 6. The zero-order valence-corrected chi connectivity index (χ0v) is 15.6. The minimum atomic E-state index is -0.460. The summed E-state index contributed by atoms with van der Waals surface area (Å²) in [5.41, 5.74) is 3.00. The van der Waals surface area contributed by atoms with Gasteiger partial charge in [0.15, 0.2) is 0 Å².